The summed E-state index contributed by atoms with van der Waals surface area (Å²) in [5.74, 6) is 1.43. The van der Waals surface area contributed by atoms with E-state index in [1.54, 1.807) is 7.11 Å². The fourth-order valence-electron chi connectivity index (χ4n) is 3.42. The molecule has 6 heteroatoms. The van der Waals surface area contributed by atoms with Crippen LogP contribution >= 0.6 is 11.6 Å². The molecule has 0 saturated heterocycles. The normalized spacial score (nSPS) is 11.1. The van der Waals surface area contributed by atoms with Crippen LogP contribution in [0.25, 0.3) is 27.5 Å². The molecule has 0 aliphatic carbocycles. The summed E-state index contributed by atoms with van der Waals surface area (Å²) < 4.78 is 13.4. The van der Waals surface area contributed by atoms with Gasteiger partial charge < -0.3 is 9.47 Å². The molecule has 5 aromatic rings. The molecule has 0 N–H and O–H groups in total. The number of ether oxygens (including phenoxy) is 2. The SMILES string of the molecule is COc1ccc(-n2nc3c(cnc4ccccc43)c2OCc2ccc(Cl)cc2)cc1. The Morgan fingerprint density at radius 3 is 2.43 bits per heavy atom. The van der Waals surface area contributed by atoms with Crippen LogP contribution in [0.15, 0.2) is 79.0 Å². The minimum absolute atomic E-state index is 0.390. The first-order chi connectivity index (χ1) is 14.7. The molecular formula is C24H18ClN3O2. The minimum Gasteiger partial charge on any atom is -0.497 e. The zero-order valence-electron chi connectivity index (χ0n) is 16.2. The zero-order valence-corrected chi connectivity index (χ0v) is 17.0. The Balaban J connectivity index is 1.64. The van der Waals surface area contributed by atoms with E-state index >= 15 is 0 Å². The molecule has 5 nitrogen and oxygen atoms in total. The van der Waals surface area contributed by atoms with Crippen molar-refractivity contribution in [3.8, 4) is 17.3 Å². The van der Waals surface area contributed by atoms with Crippen molar-refractivity contribution in [1.29, 1.82) is 0 Å². The molecule has 5 rings (SSSR count). The number of fused-ring (bicyclic) bond motifs is 3. The average molecular weight is 416 g/mol. The van der Waals surface area contributed by atoms with Gasteiger partial charge in [0.25, 0.3) is 0 Å². The maximum absolute atomic E-state index is 6.26. The average Bonchev–Trinajstić information content (AvgIpc) is 3.18. The summed E-state index contributed by atoms with van der Waals surface area (Å²) in [4.78, 5) is 4.60. The first-order valence-corrected chi connectivity index (χ1v) is 9.89. The number of rotatable bonds is 5. The molecule has 0 spiro atoms. The Labute approximate surface area is 178 Å². The third kappa shape index (κ3) is 3.33. The van der Waals surface area contributed by atoms with Crippen molar-refractivity contribution in [1.82, 2.24) is 14.8 Å². The zero-order chi connectivity index (χ0) is 20.5. The van der Waals surface area contributed by atoms with Gasteiger partial charge >= 0.3 is 0 Å². The Morgan fingerprint density at radius 1 is 0.900 bits per heavy atom. The van der Waals surface area contributed by atoms with Crippen molar-refractivity contribution >= 4 is 33.4 Å². The third-order valence-corrected chi connectivity index (χ3v) is 5.23. The highest BCUT2D eigenvalue weighted by Crippen LogP contribution is 2.33. The van der Waals surface area contributed by atoms with E-state index in [1.807, 2.05) is 83.7 Å². The molecule has 0 saturated carbocycles. The molecule has 0 radical (unpaired) electrons. The summed E-state index contributed by atoms with van der Waals surface area (Å²) >= 11 is 6.00. The van der Waals surface area contributed by atoms with Crippen molar-refractivity contribution in [3.05, 3.63) is 89.6 Å². The Hall–Kier alpha value is -3.57. The topological polar surface area (TPSA) is 49.2 Å². The second-order valence-electron chi connectivity index (χ2n) is 6.87. The molecule has 0 atom stereocenters. The summed E-state index contributed by atoms with van der Waals surface area (Å²) in [6.07, 6.45) is 1.82. The van der Waals surface area contributed by atoms with Gasteiger partial charge in [0.1, 0.15) is 17.9 Å². The standard InChI is InChI=1S/C24H18ClN3O2/c1-29-19-12-10-18(11-13-19)28-24(30-15-16-6-8-17(25)9-7-16)21-14-26-22-5-3-2-4-20(22)23(21)27-28/h2-14H,15H2,1H3. The number of nitrogens with zero attached hydrogens (tertiary/aromatic N) is 3. The molecular weight excluding hydrogens is 398 g/mol. The maximum Gasteiger partial charge on any atom is 0.226 e. The lowest BCUT2D eigenvalue weighted by atomic mass is 10.2. The van der Waals surface area contributed by atoms with Gasteiger partial charge in [0.2, 0.25) is 5.88 Å². The molecule has 0 unspecified atom stereocenters. The molecule has 30 heavy (non-hydrogen) atoms. The van der Waals surface area contributed by atoms with E-state index in [0.717, 1.165) is 38.8 Å². The monoisotopic (exact) mass is 415 g/mol. The fourth-order valence-corrected chi connectivity index (χ4v) is 3.55. The number of halogens is 1. The number of pyridine rings is 1. The van der Waals surface area contributed by atoms with Crippen LogP contribution < -0.4 is 9.47 Å². The number of para-hydroxylation sites is 1. The lowest BCUT2D eigenvalue weighted by Gasteiger charge is -2.10. The van der Waals surface area contributed by atoms with Gasteiger partial charge in [-0.1, -0.05) is 41.9 Å². The molecule has 3 aromatic carbocycles. The van der Waals surface area contributed by atoms with E-state index in [2.05, 4.69) is 4.98 Å². The van der Waals surface area contributed by atoms with Crippen LogP contribution in [0.1, 0.15) is 5.56 Å². The number of hydrogen-bond acceptors (Lipinski definition) is 4. The van der Waals surface area contributed by atoms with Crippen LogP contribution in [0.2, 0.25) is 5.02 Å². The molecule has 0 aliphatic rings. The van der Waals surface area contributed by atoms with E-state index in [9.17, 15) is 0 Å². The van der Waals surface area contributed by atoms with E-state index in [1.165, 1.54) is 0 Å². The van der Waals surface area contributed by atoms with Gasteiger partial charge in [-0.25, -0.2) is 0 Å². The second kappa shape index (κ2) is 7.69. The Morgan fingerprint density at radius 2 is 1.67 bits per heavy atom. The predicted molar refractivity (Wildman–Crippen MR) is 119 cm³/mol. The lowest BCUT2D eigenvalue weighted by molar-refractivity contribution is 0.288. The van der Waals surface area contributed by atoms with Crippen LogP contribution in [0.3, 0.4) is 0 Å². The lowest BCUT2D eigenvalue weighted by Crippen LogP contribution is -2.03. The van der Waals surface area contributed by atoms with Crippen molar-refractivity contribution < 1.29 is 9.47 Å². The summed E-state index contributed by atoms with van der Waals surface area (Å²) in [5.41, 5.74) is 3.64. The van der Waals surface area contributed by atoms with Gasteiger partial charge in [-0.05, 0) is 48.0 Å². The van der Waals surface area contributed by atoms with Crippen LogP contribution in [0.5, 0.6) is 11.6 Å². The summed E-state index contributed by atoms with van der Waals surface area (Å²) in [5, 5.41) is 7.42. The molecule has 2 aromatic heterocycles. The maximum atomic E-state index is 6.26. The van der Waals surface area contributed by atoms with Crippen LogP contribution in [0.4, 0.5) is 0 Å². The summed E-state index contributed by atoms with van der Waals surface area (Å²) in [6, 6.07) is 23.3. The van der Waals surface area contributed by atoms with Gasteiger partial charge in [0.15, 0.2) is 0 Å². The van der Waals surface area contributed by atoms with Gasteiger partial charge in [0.05, 0.1) is 23.7 Å². The van der Waals surface area contributed by atoms with E-state index in [0.29, 0.717) is 17.5 Å². The van der Waals surface area contributed by atoms with Gasteiger partial charge in [-0.2, -0.15) is 9.78 Å². The molecule has 0 aliphatic heterocycles. The Kier molecular flexibility index (Phi) is 4.73. The molecule has 148 valence electrons. The molecule has 0 amide bonds. The largest absolute Gasteiger partial charge is 0.497 e. The number of hydrogen-bond donors (Lipinski definition) is 0. The number of benzene rings is 3. The van der Waals surface area contributed by atoms with E-state index in [-0.39, 0.29) is 0 Å². The van der Waals surface area contributed by atoms with Gasteiger partial charge in [0, 0.05) is 16.6 Å². The highest BCUT2D eigenvalue weighted by Gasteiger charge is 2.17. The number of aromatic nitrogens is 3. The quantitative estimate of drug-likeness (QED) is 0.363. The first kappa shape index (κ1) is 18.5. The third-order valence-electron chi connectivity index (χ3n) is 4.98. The van der Waals surface area contributed by atoms with E-state index in [4.69, 9.17) is 26.2 Å². The predicted octanol–water partition coefficient (Wildman–Crippen LogP) is 5.81. The van der Waals surface area contributed by atoms with Crippen LogP contribution in [0, 0.1) is 0 Å². The van der Waals surface area contributed by atoms with Crippen LogP contribution in [-0.2, 0) is 6.61 Å². The molecule has 0 fully saturated rings. The van der Waals surface area contributed by atoms with Crippen molar-refractivity contribution in [2.24, 2.45) is 0 Å². The first-order valence-electron chi connectivity index (χ1n) is 9.51. The molecule has 0 bridgehead atoms. The van der Waals surface area contributed by atoms with Crippen molar-refractivity contribution in [2.45, 2.75) is 6.61 Å². The van der Waals surface area contributed by atoms with Crippen LogP contribution in [-0.4, -0.2) is 21.9 Å². The minimum atomic E-state index is 0.390. The van der Waals surface area contributed by atoms with Crippen molar-refractivity contribution in [3.63, 3.8) is 0 Å². The number of methoxy groups -OCH3 is 1. The summed E-state index contributed by atoms with van der Waals surface area (Å²) in [7, 11) is 1.65. The van der Waals surface area contributed by atoms with E-state index < -0.39 is 0 Å². The smallest absolute Gasteiger partial charge is 0.226 e. The highest BCUT2D eigenvalue weighted by atomic mass is 35.5. The molecule has 2 heterocycles. The second-order valence-corrected chi connectivity index (χ2v) is 7.30. The highest BCUT2D eigenvalue weighted by molar-refractivity contribution is 6.30. The summed E-state index contributed by atoms with van der Waals surface area (Å²) in [6.45, 7) is 0.390. The fraction of sp³-hybridized carbons (Fsp3) is 0.0833. The Bertz CT molecular complexity index is 1330. The van der Waals surface area contributed by atoms with Crippen molar-refractivity contribution in [2.75, 3.05) is 7.11 Å². The van der Waals surface area contributed by atoms with Gasteiger partial charge in [-0.15, -0.1) is 0 Å². The van der Waals surface area contributed by atoms with Gasteiger partial charge in [-0.3, -0.25) is 4.98 Å².